The monoisotopic (exact) mass is 472 g/mol. The van der Waals surface area contributed by atoms with Gasteiger partial charge in [-0.15, -0.1) is 0 Å². The van der Waals surface area contributed by atoms with Crippen LogP contribution in [0.2, 0.25) is 5.02 Å². The Morgan fingerprint density at radius 3 is 2.50 bits per heavy atom. The maximum Gasteiger partial charge on any atom is 0.265 e. The molecule has 1 aliphatic heterocycles. The molecular formula is C24H22ClFN2O3S. The van der Waals surface area contributed by atoms with Crippen LogP contribution in [0, 0.1) is 5.82 Å². The van der Waals surface area contributed by atoms with E-state index in [4.69, 9.17) is 11.6 Å². The van der Waals surface area contributed by atoms with Crippen molar-refractivity contribution >= 4 is 33.2 Å². The second-order valence-corrected chi connectivity index (χ2v) is 9.98. The topological polar surface area (TPSA) is 57.7 Å². The molecule has 0 radical (unpaired) electrons. The molecule has 0 aliphatic carbocycles. The SMILES string of the molecule is CC(c1ccc(F)cc1)N(C)C(=O)c1ccc(Cl)c(S(=O)(=O)N2CCc3ccccc32)c1. The number of sulfonamides is 1. The lowest BCUT2D eigenvalue weighted by molar-refractivity contribution is 0.0742. The molecule has 0 N–H and O–H groups in total. The highest BCUT2D eigenvalue weighted by Crippen LogP contribution is 2.35. The maximum atomic E-state index is 13.4. The smallest absolute Gasteiger partial charge is 0.265 e. The summed E-state index contributed by atoms with van der Waals surface area (Å²) in [5.41, 5.74) is 2.55. The van der Waals surface area contributed by atoms with Crippen LogP contribution in [0.5, 0.6) is 0 Å². The summed E-state index contributed by atoms with van der Waals surface area (Å²) in [6.07, 6.45) is 0.615. The van der Waals surface area contributed by atoms with Crippen molar-refractivity contribution in [3.05, 3.63) is 94.3 Å². The molecule has 4 rings (SSSR count). The molecule has 166 valence electrons. The lowest BCUT2D eigenvalue weighted by Crippen LogP contribution is -2.31. The third-order valence-electron chi connectivity index (χ3n) is 5.84. The number of fused-ring (bicyclic) bond motifs is 1. The fraction of sp³-hybridized carbons (Fsp3) is 0.208. The van der Waals surface area contributed by atoms with E-state index in [0.717, 1.165) is 11.1 Å². The molecule has 1 amide bonds. The first-order chi connectivity index (χ1) is 15.2. The van der Waals surface area contributed by atoms with E-state index in [1.807, 2.05) is 19.1 Å². The first-order valence-electron chi connectivity index (χ1n) is 10.1. The van der Waals surface area contributed by atoms with Crippen LogP contribution in [0.1, 0.15) is 34.5 Å². The average molecular weight is 473 g/mol. The van der Waals surface area contributed by atoms with Crippen LogP contribution in [-0.4, -0.2) is 32.8 Å². The zero-order valence-corrected chi connectivity index (χ0v) is 19.2. The number of para-hydroxylation sites is 1. The van der Waals surface area contributed by atoms with Crippen molar-refractivity contribution in [1.29, 1.82) is 0 Å². The van der Waals surface area contributed by atoms with Crippen molar-refractivity contribution in [2.24, 2.45) is 0 Å². The van der Waals surface area contributed by atoms with Crippen LogP contribution in [0.15, 0.2) is 71.6 Å². The molecule has 0 aromatic heterocycles. The predicted octanol–water partition coefficient (Wildman–Crippen LogP) is 5.06. The number of rotatable bonds is 5. The molecule has 32 heavy (non-hydrogen) atoms. The van der Waals surface area contributed by atoms with Gasteiger partial charge < -0.3 is 4.90 Å². The molecule has 1 atom stereocenters. The number of carbonyl (C=O) groups excluding carboxylic acids is 1. The van der Waals surface area contributed by atoms with Gasteiger partial charge in [-0.1, -0.05) is 41.9 Å². The first-order valence-corrected chi connectivity index (χ1v) is 11.9. The summed E-state index contributed by atoms with van der Waals surface area (Å²) in [6, 6.07) is 17.2. The van der Waals surface area contributed by atoms with Crippen molar-refractivity contribution in [2.45, 2.75) is 24.3 Å². The van der Waals surface area contributed by atoms with Crippen LogP contribution >= 0.6 is 11.6 Å². The Hall–Kier alpha value is -2.90. The average Bonchev–Trinajstić information content (AvgIpc) is 3.23. The summed E-state index contributed by atoms with van der Waals surface area (Å²) in [7, 11) is -2.33. The van der Waals surface area contributed by atoms with Crippen LogP contribution in [0.25, 0.3) is 0 Å². The fourth-order valence-electron chi connectivity index (χ4n) is 3.85. The lowest BCUT2D eigenvalue weighted by atomic mass is 10.1. The Balaban J connectivity index is 1.65. The second kappa shape index (κ2) is 8.56. The number of anilines is 1. The normalized spacial score (nSPS) is 14.2. The van der Waals surface area contributed by atoms with Crippen LogP contribution in [0.3, 0.4) is 0 Å². The largest absolute Gasteiger partial charge is 0.335 e. The molecule has 0 saturated carbocycles. The minimum Gasteiger partial charge on any atom is -0.335 e. The van der Waals surface area contributed by atoms with Crippen molar-refractivity contribution in [1.82, 2.24) is 4.90 Å². The number of carbonyl (C=O) groups is 1. The predicted molar refractivity (Wildman–Crippen MR) is 123 cm³/mol. The highest BCUT2D eigenvalue weighted by molar-refractivity contribution is 7.93. The van der Waals surface area contributed by atoms with Crippen molar-refractivity contribution in [3.63, 3.8) is 0 Å². The highest BCUT2D eigenvalue weighted by Gasteiger charge is 2.33. The Kier molecular flexibility index (Phi) is 5.97. The summed E-state index contributed by atoms with van der Waals surface area (Å²) in [5, 5.41) is 0.0557. The third kappa shape index (κ3) is 3.98. The first kappa shape index (κ1) is 22.3. The number of benzene rings is 3. The maximum absolute atomic E-state index is 13.4. The number of nitrogens with zero attached hydrogens (tertiary/aromatic N) is 2. The van der Waals surface area contributed by atoms with Gasteiger partial charge in [0.15, 0.2) is 0 Å². The zero-order valence-electron chi connectivity index (χ0n) is 17.6. The minimum absolute atomic E-state index is 0.0557. The lowest BCUT2D eigenvalue weighted by Gasteiger charge is -2.26. The van der Waals surface area contributed by atoms with E-state index in [9.17, 15) is 17.6 Å². The van der Waals surface area contributed by atoms with Gasteiger partial charge in [0, 0.05) is 19.2 Å². The van der Waals surface area contributed by atoms with E-state index in [-0.39, 0.29) is 33.2 Å². The Bertz CT molecular complexity index is 1280. The summed E-state index contributed by atoms with van der Waals surface area (Å²) in [5.74, 6) is -0.720. The molecule has 5 nitrogen and oxygen atoms in total. The summed E-state index contributed by atoms with van der Waals surface area (Å²) in [6.45, 7) is 2.14. The zero-order chi connectivity index (χ0) is 23.0. The fourth-order valence-corrected chi connectivity index (χ4v) is 5.86. The number of hydrogen-bond acceptors (Lipinski definition) is 3. The summed E-state index contributed by atoms with van der Waals surface area (Å²) >= 11 is 6.28. The molecule has 0 fully saturated rings. The van der Waals surface area contributed by atoms with Gasteiger partial charge in [0.05, 0.1) is 16.8 Å². The van der Waals surface area contributed by atoms with E-state index in [1.54, 1.807) is 31.3 Å². The quantitative estimate of drug-likeness (QED) is 0.521. The van der Waals surface area contributed by atoms with E-state index in [0.29, 0.717) is 18.7 Å². The molecular weight excluding hydrogens is 451 g/mol. The number of amides is 1. The second-order valence-electron chi connectivity index (χ2n) is 7.74. The van der Waals surface area contributed by atoms with E-state index < -0.39 is 10.0 Å². The standard InChI is InChI=1S/C24H22ClFN2O3S/c1-16(17-7-10-20(26)11-8-17)27(2)24(29)19-9-12-21(25)23(15-19)32(30,31)28-14-13-18-5-3-4-6-22(18)28/h3-12,15-16H,13-14H2,1-2H3. The Morgan fingerprint density at radius 2 is 1.78 bits per heavy atom. The van der Waals surface area contributed by atoms with E-state index in [2.05, 4.69) is 0 Å². The Morgan fingerprint density at radius 1 is 1.09 bits per heavy atom. The molecule has 1 unspecified atom stereocenters. The van der Waals surface area contributed by atoms with E-state index in [1.165, 1.54) is 39.5 Å². The molecule has 0 bridgehead atoms. The van der Waals surface area contributed by atoms with Gasteiger partial charge in [0.2, 0.25) is 0 Å². The van der Waals surface area contributed by atoms with Gasteiger partial charge in [-0.3, -0.25) is 9.10 Å². The van der Waals surface area contributed by atoms with Crippen molar-refractivity contribution in [3.8, 4) is 0 Å². The third-order valence-corrected chi connectivity index (χ3v) is 8.14. The molecule has 8 heteroatoms. The molecule has 1 heterocycles. The van der Waals surface area contributed by atoms with Gasteiger partial charge in [0.25, 0.3) is 15.9 Å². The van der Waals surface area contributed by atoms with Gasteiger partial charge in [0.1, 0.15) is 10.7 Å². The molecule has 3 aromatic rings. The molecule has 0 saturated heterocycles. The highest BCUT2D eigenvalue weighted by atomic mass is 35.5. The van der Waals surface area contributed by atoms with Gasteiger partial charge >= 0.3 is 0 Å². The van der Waals surface area contributed by atoms with Crippen LogP contribution < -0.4 is 4.31 Å². The molecule has 3 aromatic carbocycles. The van der Waals surface area contributed by atoms with Gasteiger partial charge in [-0.05, 0) is 60.9 Å². The Labute approximate surface area is 192 Å². The van der Waals surface area contributed by atoms with Crippen molar-refractivity contribution < 1.29 is 17.6 Å². The molecule has 1 aliphatic rings. The van der Waals surface area contributed by atoms with Crippen LogP contribution in [-0.2, 0) is 16.4 Å². The van der Waals surface area contributed by atoms with Crippen molar-refractivity contribution in [2.75, 3.05) is 17.9 Å². The van der Waals surface area contributed by atoms with Crippen LogP contribution in [0.4, 0.5) is 10.1 Å². The number of halogens is 2. The molecule has 0 spiro atoms. The summed E-state index contributed by atoms with van der Waals surface area (Å²) in [4.78, 5) is 14.5. The minimum atomic E-state index is -3.95. The van der Waals surface area contributed by atoms with Gasteiger partial charge in [-0.25, -0.2) is 12.8 Å². The number of hydrogen-bond donors (Lipinski definition) is 0. The van der Waals surface area contributed by atoms with Gasteiger partial charge in [-0.2, -0.15) is 0 Å². The van der Waals surface area contributed by atoms with E-state index >= 15 is 0 Å². The summed E-state index contributed by atoms with van der Waals surface area (Å²) < 4.78 is 41.4.